The maximum Gasteiger partial charge on any atom is 0.416 e. The third-order valence-corrected chi connectivity index (χ3v) is 5.46. The molecule has 0 spiro atoms. The Morgan fingerprint density at radius 3 is 2.53 bits per heavy atom. The normalized spacial score (nSPS) is 11.2. The Hall–Kier alpha value is -4.51. The fourth-order valence-corrected chi connectivity index (χ4v) is 3.68. The van der Waals surface area contributed by atoms with Crippen LogP contribution in [0.5, 0.6) is 17.2 Å². The number of nitro groups is 1. The van der Waals surface area contributed by atoms with E-state index in [1.165, 1.54) is 24.3 Å². The molecule has 38 heavy (non-hydrogen) atoms. The molecular weight excluding hydrogens is 529 g/mol. The zero-order valence-corrected chi connectivity index (χ0v) is 20.3. The second-order valence-corrected chi connectivity index (χ2v) is 8.40. The highest BCUT2D eigenvalue weighted by atomic mass is 35.5. The number of alkyl halides is 3. The summed E-state index contributed by atoms with van der Waals surface area (Å²) in [6, 6.07) is 15.6. The van der Waals surface area contributed by atoms with E-state index in [0.717, 1.165) is 35.9 Å². The third-order valence-electron chi connectivity index (χ3n) is 5.17. The van der Waals surface area contributed by atoms with E-state index in [1.807, 2.05) is 13.0 Å². The molecule has 0 unspecified atom stereocenters. The van der Waals surface area contributed by atoms with Crippen molar-refractivity contribution in [3.05, 3.63) is 111 Å². The van der Waals surface area contributed by atoms with Gasteiger partial charge in [-0.2, -0.15) is 13.2 Å². The molecule has 0 saturated heterocycles. The summed E-state index contributed by atoms with van der Waals surface area (Å²) in [5.41, 5.74) is -0.618. The van der Waals surface area contributed by atoms with E-state index in [0.29, 0.717) is 16.5 Å². The van der Waals surface area contributed by atoms with Gasteiger partial charge in [-0.25, -0.2) is 0 Å². The highest BCUT2D eigenvalue weighted by Crippen LogP contribution is 2.35. The van der Waals surface area contributed by atoms with Crippen LogP contribution in [0.2, 0.25) is 5.02 Å². The van der Waals surface area contributed by atoms with E-state index in [-0.39, 0.29) is 29.6 Å². The second-order valence-electron chi connectivity index (χ2n) is 7.99. The van der Waals surface area contributed by atoms with Crippen LogP contribution in [0, 0.1) is 17.0 Å². The molecule has 3 aromatic carbocycles. The standard InChI is InChI=1S/C26H18ClF3N2O6/c1-15-4-2-7-22(27)24(15)36-14-20-8-9-23(38-20)25(33)31-17-11-18(32(34)35)13-21(12-17)37-19-6-3-5-16(10-19)26(28,29)30/h2-13H,14H2,1H3,(H,31,33). The zero-order chi connectivity index (χ0) is 27.4. The summed E-state index contributed by atoms with van der Waals surface area (Å²) < 4.78 is 55.6. The number of nitro benzene ring substituents is 1. The average Bonchev–Trinajstić information content (AvgIpc) is 3.32. The van der Waals surface area contributed by atoms with Gasteiger partial charge in [-0.15, -0.1) is 0 Å². The number of anilines is 1. The third kappa shape index (κ3) is 6.43. The molecule has 0 bridgehead atoms. The summed E-state index contributed by atoms with van der Waals surface area (Å²) in [4.78, 5) is 23.4. The molecule has 0 fully saturated rings. The van der Waals surface area contributed by atoms with Crippen molar-refractivity contribution < 1.29 is 36.8 Å². The summed E-state index contributed by atoms with van der Waals surface area (Å²) in [5, 5.41) is 14.3. The molecule has 0 aliphatic rings. The van der Waals surface area contributed by atoms with Gasteiger partial charge in [0, 0.05) is 12.1 Å². The van der Waals surface area contributed by atoms with Crippen LogP contribution >= 0.6 is 11.6 Å². The second kappa shape index (κ2) is 10.9. The molecule has 1 amide bonds. The summed E-state index contributed by atoms with van der Waals surface area (Å²) in [6.07, 6.45) is -4.60. The van der Waals surface area contributed by atoms with Crippen molar-refractivity contribution in [2.45, 2.75) is 19.7 Å². The number of halogens is 4. The van der Waals surface area contributed by atoms with Gasteiger partial charge in [0.05, 0.1) is 27.3 Å². The summed E-state index contributed by atoms with van der Waals surface area (Å²) >= 11 is 6.14. The number of benzene rings is 3. The maximum absolute atomic E-state index is 13.0. The molecule has 1 N–H and O–H groups in total. The zero-order valence-electron chi connectivity index (χ0n) is 19.5. The van der Waals surface area contributed by atoms with Gasteiger partial charge < -0.3 is 19.2 Å². The minimum absolute atomic E-state index is 0.0103. The molecule has 0 atom stereocenters. The predicted molar refractivity (Wildman–Crippen MR) is 132 cm³/mol. The fraction of sp³-hybridized carbons (Fsp3) is 0.115. The number of ether oxygens (including phenoxy) is 2. The number of carbonyl (C=O) groups excluding carboxylic acids is 1. The van der Waals surface area contributed by atoms with Crippen molar-refractivity contribution in [3.63, 3.8) is 0 Å². The van der Waals surface area contributed by atoms with E-state index < -0.39 is 28.3 Å². The molecule has 0 aliphatic carbocycles. The molecule has 4 rings (SSSR count). The van der Waals surface area contributed by atoms with Crippen LogP contribution in [0.4, 0.5) is 24.5 Å². The van der Waals surface area contributed by atoms with Crippen molar-refractivity contribution in [2.24, 2.45) is 0 Å². The number of carbonyl (C=O) groups is 1. The van der Waals surface area contributed by atoms with Crippen molar-refractivity contribution >= 4 is 28.9 Å². The van der Waals surface area contributed by atoms with Gasteiger partial charge in [0.15, 0.2) is 5.76 Å². The van der Waals surface area contributed by atoms with Gasteiger partial charge in [0.25, 0.3) is 11.6 Å². The molecule has 1 heterocycles. The Morgan fingerprint density at radius 2 is 1.82 bits per heavy atom. The number of amides is 1. The Morgan fingerprint density at radius 1 is 1.05 bits per heavy atom. The first-order chi connectivity index (χ1) is 18.0. The van der Waals surface area contributed by atoms with Crippen molar-refractivity contribution in [2.75, 3.05) is 5.32 Å². The Kier molecular flexibility index (Phi) is 7.58. The smallest absolute Gasteiger partial charge is 0.416 e. The van der Waals surface area contributed by atoms with Crippen LogP contribution in [0.1, 0.15) is 27.4 Å². The van der Waals surface area contributed by atoms with Gasteiger partial charge in [-0.3, -0.25) is 14.9 Å². The van der Waals surface area contributed by atoms with E-state index in [4.69, 9.17) is 25.5 Å². The van der Waals surface area contributed by atoms with Crippen LogP contribution in [0.3, 0.4) is 0 Å². The lowest BCUT2D eigenvalue weighted by atomic mass is 10.2. The first kappa shape index (κ1) is 26.6. The molecule has 1 aromatic heterocycles. The molecule has 0 aliphatic heterocycles. The van der Waals surface area contributed by atoms with Gasteiger partial charge in [-0.1, -0.05) is 29.8 Å². The molecule has 0 radical (unpaired) electrons. The number of furan rings is 1. The highest BCUT2D eigenvalue weighted by Gasteiger charge is 2.30. The number of nitrogens with one attached hydrogen (secondary N) is 1. The van der Waals surface area contributed by atoms with Gasteiger partial charge in [0.1, 0.15) is 29.6 Å². The molecule has 0 saturated carbocycles. The van der Waals surface area contributed by atoms with E-state index in [1.54, 1.807) is 12.1 Å². The number of hydrogen-bond donors (Lipinski definition) is 1. The molecular formula is C26H18ClF3N2O6. The minimum atomic E-state index is -4.60. The lowest BCUT2D eigenvalue weighted by Gasteiger charge is -2.11. The molecule has 8 nitrogen and oxygen atoms in total. The summed E-state index contributed by atoms with van der Waals surface area (Å²) in [6.45, 7) is 1.82. The van der Waals surface area contributed by atoms with E-state index in [2.05, 4.69) is 5.32 Å². The number of para-hydroxylation sites is 1. The first-order valence-corrected chi connectivity index (χ1v) is 11.3. The van der Waals surface area contributed by atoms with E-state index in [9.17, 15) is 28.1 Å². The van der Waals surface area contributed by atoms with E-state index >= 15 is 0 Å². The van der Waals surface area contributed by atoms with Crippen LogP contribution in [0.15, 0.2) is 77.2 Å². The monoisotopic (exact) mass is 546 g/mol. The largest absolute Gasteiger partial charge is 0.484 e. The number of nitrogens with zero attached hydrogens (tertiary/aromatic N) is 1. The molecule has 12 heteroatoms. The highest BCUT2D eigenvalue weighted by molar-refractivity contribution is 6.32. The minimum Gasteiger partial charge on any atom is -0.484 e. The van der Waals surface area contributed by atoms with Crippen LogP contribution < -0.4 is 14.8 Å². The van der Waals surface area contributed by atoms with Crippen LogP contribution in [-0.4, -0.2) is 10.8 Å². The van der Waals surface area contributed by atoms with Crippen molar-refractivity contribution in [1.29, 1.82) is 0 Å². The number of rotatable bonds is 8. The number of aryl methyl sites for hydroxylation is 1. The number of non-ortho nitro benzene ring substituents is 1. The predicted octanol–water partition coefficient (Wildman–Crippen LogP) is 7.79. The summed E-state index contributed by atoms with van der Waals surface area (Å²) in [7, 11) is 0. The Balaban J connectivity index is 1.49. The quantitative estimate of drug-likeness (QED) is 0.179. The fourth-order valence-electron chi connectivity index (χ4n) is 3.40. The van der Waals surface area contributed by atoms with Crippen LogP contribution in [-0.2, 0) is 12.8 Å². The molecule has 4 aromatic rings. The lowest BCUT2D eigenvalue weighted by Crippen LogP contribution is -2.11. The topological polar surface area (TPSA) is 104 Å². The van der Waals surface area contributed by atoms with Gasteiger partial charge in [-0.05, 0) is 48.9 Å². The van der Waals surface area contributed by atoms with Crippen molar-refractivity contribution in [1.82, 2.24) is 0 Å². The lowest BCUT2D eigenvalue weighted by molar-refractivity contribution is -0.384. The first-order valence-electron chi connectivity index (χ1n) is 10.9. The molecule has 196 valence electrons. The number of hydrogen-bond acceptors (Lipinski definition) is 6. The SMILES string of the molecule is Cc1cccc(Cl)c1OCc1ccc(C(=O)Nc2cc(Oc3cccc(C(F)(F)F)c3)cc([N+](=O)[O-])c2)o1. The van der Waals surface area contributed by atoms with Crippen molar-refractivity contribution in [3.8, 4) is 17.2 Å². The Labute approximate surface area is 218 Å². The average molecular weight is 547 g/mol. The maximum atomic E-state index is 13.0. The van der Waals surface area contributed by atoms with Gasteiger partial charge in [0.2, 0.25) is 0 Å². The van der Waals surface area contributed by atoms with Crippen LogP contribution in [0.25, 0.3) is 0 Å². The Bertz CT molecular complexity index is 1480. The van der Waals surface area contributed by atoms with Gasteiger partial charge >= 0.3 is 6.18 Å². The summed E-state index contributed by atoms with van der Waals surface area (Å²) in [5.74, 6) is -0.384.